The van der Waals surface area contributed by atoms with Gasteiger partial charge in [0, 0.05) is 23.4 Å². The van der Waals surface area contributed by atoms with Crippen LogP contribution in [0.3, 0.4) is 0 Å². The molecule has 0 bridgehead atoms. The Morgan fingerprint density at radius 3 is 3.06 bits per heavy atom. The van der Waals surface area contributed by atoms with Gasteiger partial charge in [0.05, 0.1) is 13.2 Å². The first-order chi connectivity index (χ1) is 7.85. The van der Waals surface area contributed by atoms with E-state index in [1.165, 1.54) is 4.90 Å². The Balaban J connectivity index is 2.18. The van der Waals surface area contributed by atoms with E-state index in [0.29, 0.717) is 13.2 Å². The number of hydrogen-bond donors (Lipinski definition) is 1. The largest absolute Gasteiger partial charge is 0.488 e. The highest BCUT2D eigenvalue weighted by Gasteiger charge is 2.19. The van der Waals surface area contributed by atoms with E-state index in [4.69, 9.17) is 15.2 Å². The molecule has 2 N–H and O–H groups in total. The summed E-state index contributed by atoms with van der Waals surface area (Å²) in [6.45, 7) is 2.00. The maximum atomic E-state index is 5.92. The molecule has 1 aromatic rings. The lowest BCUT2D eigenvalue weighted by Crippen LogP contribution is -2.17. The van der Waals surface area contributed by atoms with Gasteiger partial charge < -0.3 is 15.2 Å². The topological polar surface area (TPSA) is 44.5 Å². The third-order valence-electron chi connectivity index (χ3n) is 2.70. The van der Waals surface area contributed by atoms with Crippen LogP contribution in [-0.2, 0) is 11.3 Å². The second-order valence-electron chi connectivity index (χ2n) is 3.74. The summed E-state index contributed by atoms with van der Waals surface area (Å²) in [5.41, 5.74) is 6.88. The molecule has 0 saturated carbocycles. The summed E-state index contributed by atoms with van der Waals surface area (Å²) in [4.78, 5) is 1.19. The third-order valence-corrected chi connectivity index (χ3v) is 3.52. The molecule has 0 amide bonds. The molecule has 1 aliphatic rings. The van der Waals surface area contributed by atoms with Crippen LogP contribution in [0.25, 0.3) is 0 Å². The number of ether oxygens (including phenoxy) is 2. The lowest BCUT2D eigenvalue weighted by Gasteiger charge is -2.16. The standard InChI is InChI=1S/C12H17NO2S/c1-16-12-4-2-3-11(10(12)7-13)15-9-5-6-14-8-9/h2-4,9H,5-8,13H2,1H3. The van der Waals surface area contributed by atoms with Crippen molar-refractivity contribution in [3.05, 3.63) is 23.8 Å². The fourth-order valence-electron chi connectivity index (χ4n) is 1.83. The summed E-state index contributed by atoms with van der Waals surface area (Å²) >= 11 is 1.70. The van der Waals surface area contributed by atoms with Gasteiger partial charge in [-0.15, -0.1) is 11.8 Å². The molecule has 1 heterocycles. The molecule has 3 nitrogen and oxygen atoms in total. The normalized spacial score (nSPS) is 20.0. The lowest BCUT2D eigenvalue weighted by atomic mass is 10.2. The molecule has 4 heteroatoms. The molecule has 0 aromatic heterocycles. The predicted octanol–water partition coefficient (Wildman–Crippen LogP) is 2.03. The highest BCUT2D eigenvalue weighted by Crippen LogP contribution is 2.29. The van der Waals surface area contributed by atoms with Crippen molar-refractivity contribution in [3.63, 3.8) is 0 Å². The van der Waals surface area contributed by atoms with Crippen LogP contribution < -0.4 is 10.5 Å². The van der Waals surface area contributed by atoms with E-state index in [0.717, 1.165) is 24.3 Å². The summed E-state index contributed by atoms with van der Waals surface area (Å²) in [7, 11) is 0. The molecule has 0 aliphatic carbocycles. The number of nitrogens with two attached hydrogens (primary N) is 1. The molecule has 1 aliphatic heterocycles. The first-order valence-corrected chi connectivity index (χ1v) is 6.68. The zero-order chi connectivity index (χ0) is 11.4. The van der Waals surface area contributed by atoms with Gasteiger partial charge in [0.1, 0.15) is 11.9 Å². The lowest BCUT2D eigenvalue weighted by molar-refractivity contribution is 0.140. The maximum absolute atomic E-state index is 5.92. The molecular weight excluding hydrogens is 222 g/mol. The summed E-state index contributed by atoms with van der Waals surface area (Å²) in [6.07, 6.45) is 3.20. The fraction of sp³-hybridized carbons (Fsp3) is 0.500. The predicted molar refractivity (Wildman–Crippen MR) is 66.0 cm³/mol. The number of rotatable bonds is 4. The molecule has 1 unspecified atom stereocenters. The molecule has 0 spiro atoms. The van der Waals surface area contributed by atoms with Crippen molar-refractivity contribution in [1.29, 1.82) is 0 Å². The van der Waals surface area contributed by atoms with Crippen molar-refractivity contribution < 1.29 is 9.47 Å². The Kier molecular flexibility index (Phi) is 4.09. The second-order valence-corrected chi connectivity index (χ2v) is 4.59. The quantitative estimate of drug-likeness (QED) is 0.817. The van der Waals surface area contributed by atoms with Gasteiger partial charge in [0.25, 0.3) is 0 Å². The second kappa shape index (κ2) is 5.57. The van der Waals surface area contributed by atoms with Gasteiger partial charge in [-0.05, 0) is 18.4 Å². The number of thioether (sulfide) groups is 1. The molecule has 1 atom stereocenters. The van der Waals surface area contributed by atoms with Crippen LogP contribution >= 0.6 is 11.8 Å². The van der Waals surface area contributed by atoms with Gasteiger partial charge in [-0.1, -0.05) is 6.07 Å². The third kappa shape index (κ3) is 2.51. The molecule has 88 valence electrons. The van der Waals surface area contributed by atoms with Gasteiger partial charge in [0.2, 0.25) is 0 Å². The van der Waals surface area contributed by atoms with Gasteiger partial charge >= 0.3 is 0 Å². The highest BCUT2D eigenvalue weighted by molar-refractivity contribution is 7.98. The van der Waals surface area contributed by atoms with E-state index >= 15 is 0 Å². The molecule has 0 radical (unpaired) electrons. The van der Waals surface area contributed by atoms with Crippen molar-refractivity contribution >= 4 is 11.8 Å². The molecule has 1 saturated heterocycles. The minimum absolute atomic E-state index is 0.183. The summed E-state index contributed by atoms with van der Waals surface area (Å²) in [5.74, 6) is 0.907. The minimum Gasteiger partial charge on any atom is -0.488 e. The molecule has 1 aromatic carbocycles. The Morgan fingerprint density at radius 1 is 1.56 bits per heavy atom. The van der Waals surface area contributed by atoms with Crippen LogP contribution in [0.2, 0.25) is 0 Å². The van der Waals surface area contributed by atoms with E-state index in [9.17, 15) is 0 Å². The molecular formula is C12H17NO2S. The Hall–Kier alpha value is -0.710. The van der Waals surface area contributed by atoms with Crippen LogP contribution in [0.1, 0.15) is 12.0 Å². The van der Waals surface area contributed by atoms with Crippen molar-refractivity contribution in [2.75, 3.05) is 19.5 Å². The smallest absolute Gasteiger partial charge is 0.125 e. The van der Waals surface area contributed by atoms with Crippen molar-refractivity contribution in [2.45, 2.75) is 24.0 Å². The van der Waals surface area contributed by atoms with Crippen molar-refractivity contribution in [1.82, 2.24) is 0 Å². The van der Waals surface area contributed by atoms with Gasteiger partial charge in [0.15, 0.2) is 0 Å². The Bertz CT molecular complexity index is 351. The van der Waals surface area contributed by atoms with E-state index in [1.807, 2.05) is 12.1 Å². The minimum atomic E-state index is 0.183. The van der Waals surface area contributed by atoms with Crippen LogP contribution in [0.5, 0.6) is 5.75 Å². The summed E-state index contributed by atoms with van der Waals surface area (Å²) < 4.78 is 11.2. The average Bonchev–Trinajstić information content (AvgIpc) is 2.81. The molecule has 2 rings (SSSR count). The first kappa shape index (κ1) is 11.8. The van der Waals surface area contributed by atoms with E-state index in [1.54, 1.807) is 11.8 Å². The number of hydrogen-bond acceptors (Lipinski definition) is 4. The molecule has 16 heavy (non-hydrogen) atoms. The fourth-order valence-corrected chi connectivity index (χ4v) is 2.48. The molecule has 1 fully saturated rings. The van der Waals surface area contributed by atoms with Crippen LogP contribution in [-0.4, -0.2) is 25.6 Å². The van der Waals surface area contributed by atoms with E-state index in [2.05, 4.69) is 12.3 Å². The zero-order valence-electron chi connectivity index (χ0n) is 9.44. The van der Waals surface area contributed by atoms with E-state index < -0.39 is 0 Å². The maximum Gasteiger partial charge on any atom is 0.125 e. The van der Waals surface area contributed by atoms with Crippen LogP contribution in [0.4, 0.5) is 0 Å². The van der Waals surface area contributed by atoms with Gasteiger partial charge in [-0.3, -0.25) is 0 Å². The van der Waals surface area contributed by atoms with E-state index in [-0.39, 0.29) is 6.10 Å². The van der Waals surface area contributed by atoms with Crippen molar-refractivity contribution in [3.8, 4) is 5.75 Å². The van der Waals surface area contributed by atoms with Crippen LogP contribution in [0, 0.1) is 0 Å². The van der Waals surface area contributed by atoms with Crippen molar-refractivity contribution in [2.24, 2.45) is 5.73 Å². The average molecular weight is 239 g/mol. The van der Waals surface area contributed by atoms with Gasteiger partial charge in [-0.25, -0.2) is 0 Å². The SMILES string of the molecule is CSc1cccc(OC2CCOC2)c1CN. The monoisotopic (exact) mass is 239 g/mol. The Morgan fingerprint density at radius 2 is 2.44 bits per heavy atom. The van der Waals surface area contributed by atoms with Crippen LogP contribution in [0.15, 0.2) is 23.1 Å². The summed E-state index contributed by atoms with van der Waals surface area (Å²) in [5, 5.41) is 0. The Labute approximate surface area is 100 Å². The highest BCUT2D eigenvalue weighted by atomic mass is 32.2. The van der Waals surface area contributed by atoms with Gasteiger partial charge in [-0.2, -0.15) is 0 Å². The number of benzene rings is 1. The summed E-state index contributed by atoms with van der Waals surface area (Å²) in [6, 6.07) is 6.07. The first-order valence-electron chi connectivity index (χ1n) is 5.45. The zero-order valence-corrected chi connectivity index (χ0v) is 10.3.